The predicted octanol–water partition coefficient (Wildman–Crippen LogP) is 2.91. The van der Waals surface area contributed by atoms with Crippen LogP contribution in [0.15, 0.2) is 34.8 Å². The Morgan fingerprint density at radius 3 is 3.09 bits per heavy atom. The quantitative estimate of drug-likeness (QED) is 0.392. The fourth-order valence-corrected chi connectivity index (χ4v) is 1.20. The average Bonchev–Trinajstić information content (AvgIpc) is 2.17. The van der Waals surface area contributed by atoms with E-state index in [2.05, 4.69) is 4.33 Å². The van der Waals surface area contributed by atoms with E-state index < -0.39 is 0 Å². The molecule has 0 atom stereocenters. The molecule has 0 aromatic rings. The maximum atomic E-state index is 8.15. The molecule has 3 heteroatoms. The molecule has 0 aromatic heterocycles. The third-order valence-corrected chi connectivity index (χ3v) is 1.97. The van der Waals surface area contributed by atoms with Crippen LogP contribution in [0.25, 0.3) is 0 Å². The molecular formula is C8H10O2S. The van der Waals surface area contributed by atoms with Crippen LogP contribution < -0.4 is 0 Å². The van der Waals surface area contributed by atoms with Gasteiger partial charge in [0.05, 0.1) is 12.0 Å². The molecule has 0 amide bonds. The van der Waals surface area contributed by atoms with Crippen molar-refractivity contribution in [2.24, 2.45) is 0 Å². The first kappa shape index (κ1) is 8.59. The van der Waals surface area contributed by atoms with Gasteiger partial charge >= 0.3 is 0 Å². The Kier molecular flexibility index (Phi) is 3.42. The van der Waals surface area contributed by atoms with Crippen LogP contribution in [0.2, 0.25) is 0 Å². The lowest BCUT2D eigenvalue weighted by atomic mass is 10.3. The van der Waals surface area contributed by atoms with Gasteiger partial charge in [0.1, 0.15) is 0 Å². The van der Waals surface area contributed by atoms with Crippen molar-refractivity contribution in [3.05, 3.63) is 34.8 Å². The molecule has 0 unspecified atom stereocenters. The Morgan fingerprint density at radius 2 is 2.36 bits per heavy atom. The van der Waals surface area contributed by atoms with E-state index in [1.807, 2.05) is 31.2 Å². The number of rotatable bonds is 2. The van der Waals surface area contributed by atoms with Gasteiger partial charge in [-0.25, -0.2) is 5.26 Å². The molecule has 0 spiro atoms. The topological polar surface area (TPSA) is 29.5 Å². The predicted molar refractivity (Wildman–Crippen MR) is 46.9 cm³/mol. The second kappa shape index (κ2) is 4.38. The summed E-state index contributed by atoms with van der Waals surface area (Å²) in [6, 6.07) is 0. The molecule has 0 aliphatic heterocycles. The molecule has 1 aliphatic rings. The highest BCUT2D eigenvalue weighted by Gasteiger charge is 1.97. The van der Waals surface area contributed by atoms with E-state index in [-0.39, 0.29) is 0 Å². The fourth-order valence-electron chi connectivity index (χ4n) is 0.819. The molecule has 0 aromatic carbocycles. The molecule has 0 bridgehead atoms. The lowest BCUT2D eigenvalue weighted by Crippen LogP contribution is -1.74. The van der Waals surface area contributed by atoms with Crippen LogP contribution in [0.1, 0.15) is 13.3 Å². The van der Waals surface area contributed by atoms with Gasteiger partial charge in [-0.1, -0.05) is 23.8 Å². The third kappa shape index (κ3) is 2.93. The van der Waals surface area contributed by atoms with Crippen molar-refractivity contribution in [1.29, 1.82) is 0 Å². The van der Waals surface area contributed by atoms with Crippen molar-refractivity contribution < 1.29 is 9.59 Å². The number of allylic oxidation sites excluding steroid dienone is 6. The second-order valence-electron chi connectivity index (χ2n) is 2.31. The number of hydrogen-bond donors (Lipinski definition) is 1. The Bertz CT molecular complexity index is 216. The highest BCUT2D eigenvalue weighted by atomic mass is 32.2. The Balaban J connectivity index is 2.62. The van der Waals surface area contributed by atoms with E-state index in [0.717, 1.165) is 23.4 Å². The van der Waals surface area contributed by atoms with Gasteiger partial charge in [-0.2, -0.15) is 4.33 Å². The molecule has 1 aliphatic carbocycles. The summed E-state index contributed by atoms with van der Waals surface area (Å²) in [6.07, 6.45) is 8.83. The van der Waals surface area contributed by atoms with Gasteiger partial charge in [-0.05, 0) is 19.4 Å². The normalized spacial score (nSPS) is 17.3. The monoisotopic (exact) mass is 170 g/mol. The zero-order valence-corrected chi connectivity index (χ0v) is 7.10. The van der Waals surface area contributed by atoms with Crippen molar-refractivity contribution in [1.82, 2.24) is 0 Å². The van der Waals surface area contributed by atoms with Crippen molar-refractivity contribution in [3.8, 4) is 0 Å². The molecule has 0 heterocycles. The number of hydrogen-bond acceptors (Lipinski definition) is 3. The minimum atomic E-state index is 0.819. The van der Waals surface area contributed by atoms with E-state index in [1.54, 1.807) is 0 Å². The Labute approximate surface area is 70.4 Å². The lowest BCUT2D eigenvalue weighted by molar-refractivity contribution is -0.115. The molecule has 0 saturated carbocycles. The van der Waals surface area contributed by atoms with Gasteiger partial charge in [-0.3, -0.25) is 0 Å². The van der Waals surface area contributed by atoms with Gasteiger partial charge in [-0.15, -0.1) is 0 Å². The summed E-state index contributed by atoms with van der Waals surface area (Å²) in [7, 11) is 0. The summed E-state index contributed by atoms with van der Waals surface area (Å²) in [5, 5.41) is 8.15. The van der Waals surface area contributed by atoms with Crippen molar-refractivity contribution in [2.45, 2.75) is 13.3 Å². The largest absolute Gasteiger partial charge is 0.239 e. The van der Waals surface area contributed by atoms with E-state index in [0.29, 0.717) is 0 Å². The summed E-state index contributed by atoms with van der Waals surface area (Å²) in [5.74, 6) is 0. The molecule has 0 radical (unpaired) electrons. The van der Waals surface area contributed by atoms with Gasteiger partial charge in [0.15, 0.2) is 0 Å². The van der Waals surface area contributed by atoms with Gasteiger partial charge < -0.3 is 0 Å². The summed E-state index contributed by atoms with van der Waals surface area (Å²) in [6.45, 7) is 2.03. The Hall–Kier alpha value is -0.510. The molecule has 11 heavy (non-hydrogen) atoms. The molecule has 1 N–H and O–H groups in total. The molecule has 2 nitrogen and oxygen atoms in total. The summed E-state index contributed by atoms with van der Waals surface area (Å²) < 4.78 is 3.96. The molecule has 0 fully saturated rings. The average molecular weight is 170 g/mol. The van der Waals surface area contributed by atoms with Crippen LogP contribution >= 0.6 is 12.0 Å². The minimum absolute atomic E-state index is 0.819. The van der Waals surface area contributed by atoms with Gasteiger partial charge in [0.25, 0.3) is 0 Å². The maximum absolute atomic E-state index is 8.15. The zero-order valence-electron chi connectivity index (χ0n) is 6.28. The summed E-state index contributed by atoms with van der Waals surface area (Å²) in [5.41, 5.74) is 1.21. The third-order valence-electron chi connectivity index (χ3n) is 1.38. The van der Waals surface area contributed by atoms with Gasteiger partial charge in [0.2, 0.25) is 0 Å². The van der Waals surface area contributed by atoms with E-state index >= 15 is 0 Å². The lowest BCUT2D eigenvalue weighted by Gasteiger charge is -1.95. The fraction of sp³-hybridized carbons (Fsp3) is 0.250. The highest BCUT2D eigenvalue weighted by molar-refractivity contribution is 7.98. The molecule has 0 saturated heterocycles. The van der Waals surface area contributed by atoms with Crippen molar-refractivity contribution in [3.63, 3.8) is 0 Å². The van der Waals surface area contributed by atoms with Crippen molar-refractivity contribution >= 4 is 12.0 Å². The SMILES string of the molecule is CC1=CC=C(SOO)CC=C1. The highest BCUT2D eigenvalue weighted by Crippen LogP contribution is 2.22. The van der Waals surface area contributed by atoms with E-state index in [1.165, 1.54) is 5.57 Å². The molecule has 60 valence electrons. The van der Waals surface area contributed by atoms with Crippen LogP contribution in [0.4, 0.5) is 0 Å². The van der Waals surface area contributed by atoms with E-state index in [9.17, 15) is 0 Å². The standard InChI is InChI=1S/C8H10O2S/c1-7-3-2-4-8(6-5-7)11-10-9/h2-3,5-6,9H,4H2,1H3. The van der Waals surface area contributed by atoms with Gasteiger partial charge in [0, 0.05) is 4.91 Å². The molecule has 1 rings (SSSR count). The summed E-state index contributed by atoms with van der Waals surface area (Å²) >= 11 is 0.988. The second-order valence-corrected chi connectivity index (χ2v) is 3.15. The Morgan fingerprint density at radius 1 is 1.55 bits per heavy atom. The molecular weight excluding hydrogens is 160 g/mol. The van der Waals surface area contributed by atoms with Crippen molar-refractivity contribution in [2.75, 3.05) is 0 Å². The van der Waals surface area contributed by atoms with Crippen LogP contribution in [0.3, 0.4) is 0 Å². The first-order valence-electron chi connectivity index (χ1n) is 3.35. The van der Waals surface area contributed by atoms with Crippen LogP contribution in [-0.4, -0.2) is 5.26 Å². The van der Waals surface area contributed by atoms with Crippen LogP contribution in [-0.2, 0) is 4.33 Å². The zero-order chi connectivity index (χ0) is 8.10. The van der Waals surface area contributed by atoms with Crippen LogP contribution in [0.5, 0.6) is 0 Å². The first-order chi connectivity index (χ1) is 5.33. The van der Waals surface area contributed by atoms with E-state index in [4.69, 9.17) is 5.26 Å². The maximum Gasteiger partial charge on any atom is 0.0638 e. The summed E-state index contributed by atoms with van der Waals surface area (Å²) in [4.78, 5) is 1.00. The first-order valence-corrected chi connectivity index (χ1v) is 4.09. The minimum Gasteiger partial charge on any atom is -0.239 e. The van der Waals surface area contributed by atoms with Crippen LogP contribution in [0, 0.1) is 0 Å². The smallest absolute Gasteiger partial charge is 0.0638 e.